The van der Waals surface area contributed by atoms with Gasteiger partial charge >= 0.3 is 17.9 Å². The van der Waals surface area contributed by atoms with Crippen LogP contribution in [0.25, 0.3) is 0 Å². The highest BCUT2D eigenvalue weighted by Crippen LogP contribution is 1.99. The molecular formula is C8H8O5. The average Bonchev–Trinajstić information content (AvgIpc) is 1.98. The molecule has 0 fully saturated rings. The minimum absolute atomic E-state index is 0.275. The van der Waals surface area contributed by atoms with Crippen LogP contribution in [0.15, 0.2) is 24.3 Å². The van der Waals surface area contributed by atoms with Crippen LogP contribution in [0.5, 0.6) is 0 Å². The summed E-state index contributed by atoms with van der Waals surface area (Å²) in [5.74, 6) is -3.14. The highest BCUT2D eigenvalue weighted by atomic mass is 16.6. The molecular weight excluding hydrogens is 176 g/mol. The van der Waals surface area contributed by atoms with E-state index in [1.807, 2.05) is 0 Å². The molecule has 0 aliphatic carbocycles. The second kappa shape index (κ2) is 4.87. The molecule has 5 heteroatoms. The van der Waals surface area contributed by atoms with Gasteiger partial charge in [-0.2, -0.15) is 0 Å². The number of carbonyl (C=O) groups is 3. The molecule has 5 nitrogen and oxygen atoms in total. The Balaban J connectivity index is 4.59. The van der Waals surface area contributed by atoms with Crippen molar-refractivity contribution in [3.8, 4) is 0 Å². The quantitative estimate of drug-likeness (QED) is 0.295. The van der Waals surface area contributed by atoms with Gasteiger partial charge in [-0.1, -0.05) is 12.7 Å². The monoisotopic (exact) mass is 184 g/mol. The maximum Gasteiger partial charge on any atom is 0.346 e. The maximum atomic E-state index is 10.9. The Hall–Kier alpha value is -1.91. The van der Waals surface area contributed by atoms with Gasteiger partial charge in [0.25, 0.3) is 0 Å². The smallest absolute Gasteiger partial charge is 0.346 e. The summed E-state index contributed by atoms with van der Waals surface area (Å²) in [4.78, 5) is 31.3. The molecule has 0 aliphatic rings. The van der Waals surface area contributed by atoms with Crippen molar-refractivity contribution in [1.82, 2.24) is 0 Å². The number of carboxylic acid groups (broad SMARTS) is 1. The molecule has 0 saturated carbocycles. The first-order chi connectivity index (χ1) is 5.97. The van der Waals surface area contributed by atoms with Crippen molar-refractivity contribution in [3.63, 3.8) is 0 Å². The number of carbonyl (C=O) groups excluding carboxylic acids is 2. The lowest BCUT2D eigenvalue weighted by molar-refractivity contribution is -0.155. The zero-order valence-electron chi connectivity index (χ0n) is 6.94. The fraction of sp³-hybridized carbons (Fsp3) is 0.125. The lowest BCUT2D eigenvalue weighted by atomic mass is 10.2. The molecule has 0 heterocycles. The second-order valence-electron chi connectivity index (χ2n) is 2.02. The molecule has 0 aliphatic heterocycles. The van der Waals surface area contributed by atoms with Crippen molar-refractivity contribution in [1.29, 1.82) is 0 Å². The summed E-state index contributed by atoms with van der Waals surface area (Å²) in [6.07, 6.45) is 1.61. The minimum atomic E-state index is -1.31. The van der Waals surface area contributed by atoms with Crippen LogP contribution in [0, 0.1) is 0 Å². The van der Waals surface area contributed by atoms with Crippen molar-refractivity contribution in [3.05, 3.63) is 24.3 Å². The van der Waals surface area contributed by atoms with Crippen LogP contribution in [0.2, 0.25) is 0 Å². The van der Waals surface area contributed by atoms with Gasteiger partial charge in [-0.3, -0.25) is 4.79 Å². The molecule has 0 atom stereocenters. The van der Waals surface area contributed by atoms with E-state index in [9.17, 15) is 14.4 Å². The van der Waals surface area contributed by atoms with Crippen molar-refractivity contribution >= 4 is 17.9 Å². The summed E-state index contributed by atoms with van der Waals surface area (Å²) in [7, 11) is 0. The van der Waals surface area contributed by atoms with Gasteiger partial charge in [0.2, 0.25) is 0 Å². The highest BCUT2D eigenvalue weighted by molar-refractivity contribution is 6.01. The molecule has 0 radical (unpaired) electrons. The summed E-state index contributed by atoms with van der Waals surface area (Å²) in [6, 6.07) is 0. The van der Waals surface area contributed by atoms with Crippen LogP contribution in [0.3, 0.4) is 0 Å². The van der Waals surface area contributed by atoms with Gasteiger partial charge in [-0.15, -0.1) is 0 Å². The van der Waals surface area contributed by atoms with Crippen molar-refractivity contribution < 1.29 is 24.2 Å². The van der Waals surface area contributed by atoms with Gasteiger partial charge in [0.05, 0.1) is 5.57 Å². The molecule has 0 amide bonds. The SMILES string of the molecule is C=C/C(=C/C(=O)O)C(=O)OC(C)=O. The van der Waals surface area contributed by atoms with Crippen LogP contribution in [-0.2, 0) is 19.1 Å². The molecule has 0 aromatic heterocycles. The van der Waals surface area contributed by atoms with E-state index < -0.39 is 17.9 Å². The zero-order chi connectivity index (χ0) is 10.4. The standard InChI is InChI=1S/C8H8O5/c1-3-6(4-7(10)11)8(12)13-5(2)9/h3-4H,1H2,2H3,(H,10,11)/b6-4-. The van der Waals surface area contributed by atoms with Gasteiger partial charge in [0, 0.05) is 13.0 Å². The Bertz CT molecular complexity index is 287. The first kappa shape index (κ1) is 11.1. The molecule has 0 aromatic carbocycles. The number of rotatable bonds is 3. The summed E-state index contributed by atoms with van der Waals surface area (Å²) in [6.45, 7) is 4.24. The third kappa shape index (κ3) is 4.52. The third-order valence-electron chi connectivity index (χ3n) is 0.971. The summed E-state index contributed by atoms with van der Waals surface area (Å²) < 4.78 is 4.12. The molecule has 0 bridgehead atoms. The number of aliphatic carboxylic acids is 1. The lowest BCUT2D eigenvalue weighted by Crippen LogP contribution is -2.11. The van der Waals surface area contributed by atoms with Crippen molar-refractivity contribution in [2.24, 2.45) is 0 Å². The maximum absolute atomic E-state index is 10.9. The van der Waals surface area contributed by atoms with Crippen molar-refractivity contribution in [2.45, 2.75) is 6.92 Å². The fourth-order valence-electron chi connectivity index (χ4n) is 0.524. The highest BCUT2D eigenvalue weighted by Gasteiger charge is 2.11. The van der Waals surface area contributed by atoms with Gasteiger partial charge < -0.3 is 9.84 Å². The van der Waals surface area contributed by atoms with E-state index in [-0.39, 0.29) is 5.57 Å². The lowest BCUT2D eigenvalue weighted by Gasteiger charge is -1.98. The topological polar surface area (TPSA) is 80.7 Å². The first-order valence-electron chi connectivity index (χ1n) is 3.27. The van der Waals surface area contributed by atoms with Crippen LogP contribution >= 0.6 is 0 Å². The van der Waals surface area contributed by atoms with E-state index in [1.54, 1.807) is 0 Å². The van der Waals surface area contributed by atoms with Crippen molar-refractivity contribution in [2.75, 3.05) is 0 Å². The zero-order valence-corrected chi connectivity index (χ0v) is 6.94. The van der Waals surface area contributed by atoms with E-state index >= 15 is 0 Å². The van der Waals surface area contributed by atoms with E-state index in [0.29, 0.717) is 6.08 Å². The second-order valence-corrected chi connectivity index (χ2v) is 2.02. The van der Waals surface area contributed by atoms with Gasteiger partial charge in [0.15, 0.2) is 0 Å². The number of esters is 2. The molecule has 0 rings (SSSR count). The molecule has 0 saturated heterocycles. The number of hydrogen-bond donors (Lipinski definition) is 1. The predicted molar refractivity (Wildman–Crippen MR) is 42.7 cm³/mol. The van der Waals surface area contributed by atoms with Crippen LogP contribution < -0.4 is 0 Å². The van der Waals surface area contributed by atoms with Gasteiger partial charge in [0.1, 0.15) is 0 Å². The largest absolute Gasteiger partial charge is 0.478 e. The minimum Gasteiger partial charge on any atom is -0.478 e. The van der Waals surface area contributed by atoms with E-state index in [0.717, 1.165) is 13.0 Å². The van der Waals surface area contributed by atoms with E-state index in [2.05, 4.69) is 11.3 Å². The number of carboxylic acids is 1. The first-order valence-corrected chi connectivity index (χ1v) is 3.27. The molecule has 1 N–H and O–H groups in total. The molecule has 13 heavy (non-hydrogen) atoms. The summed E-state index contributed by atoms with van der Waals surface area (Å²) in [5, 5.41) is 8.28. The summed E-state index contributed by atoms with van der Waals surface area (Å²) in [5.41, 5.74) is -0.275. The van der Waals surface area contributed by atoms with Gasteiger partial charge in [-0.05, 0) is 0 Å². The normalized spacial score (nSPS) is 10.4. The van der Waals surface area contributed by atoms with Crippen LogP contribution in [-0.4, -0.2) is 23.0 Å². The number of ether oxygens (including phenoxy) is 1. The Morgan fingerprint density at radius 1 is 1.38 bits per heavy atom. The number of hydrogen-bond acceptors (Lipinski definition) is 4. The predicted octanol–water partition coefficient (Wildman–Crippen LogP) is 0.273. The molecule has 0 unspecified atom stereocenters. The van der Waals surface area contributed by atoms with Gasteiger partial charge in [-0.25, -0.2) is 9.59 Å². The van der Waals surface area contributed by atoms with E-state index in [4.69, 9.17) is 5.11 Å². The Labute approximate surface area is 74.3 Å². The third-order valence-corrected chi connectivity index (χ3v) is 0.971. The molecule has 70 valence electrons. The van der Waals surface area contributed by atoms with E-state index in [1.165, 1.54) is 0 Å². The Kier molecular flexibility index (Phi) is 4.15. The van der Waals surface area contributed by atoms with Crippen LogP contribution in [0.4, 0.5) is 0 Å². The Morgan fingerprint density at radius 2 is 1.92 bits per heavy atom. The van der Waals surface area contributed by atoms with Crippen LogP contribution in [0.1, 0.15) is 6.92 Å². The molecule has 0 aromatic rings. The average molecular weight is 184 g/mol. The Morgan fingerprint density at radius 3 is 2.23 bits per heavy atom. The fourth-order valence-corrected chi connectivity index (χ4v) is 0.524. The summed E-state index contributed by atoms with van der Waals surface area (Å²) >= 11 is 0. The molecule has 0 spiro atoms.